The van der Waals surface area contributed by atoms with E-state index in [4.69, 9.17) is 14.7 Å². The molecule has 10 nitrogen and oxygen atoms in total. The second-order valence-electron chi connectivity index (χ2n) is 12.3. The second-order valence-corrected chi connectivity index (χ2v) is 12.3. The minimum absolute atomic E-state index is 0.0240. The van der Waals surface area contributed by atoms with Gasteiger partial charge in [-0.2, -0.15) is 13.2 Å². The number of amides is 1. The molecule has 4 aromatic rings. The van der Waals surface area contributed by atoms with Gasteiger partial charge in [0, 0.05) is 36.8 Å². The lowest BCUT2D eigenvalue weighted by atomic mass is 10.0. The van der Waals surface area contributed by atoms with Crippen molar-refractivity contribution in [3.05, 3.63) is 59.9 Å². The van der Waals surface area contributed by atoms with Crippen LogP contribution in [0.3, 0.4) is 0 Å². The summed E-state index contributed by atoms with van der Waals surface area (Å²) in [7, 11) is 1.56. The van der Waals surface area contributed by atoms with Gasteiger partial charge in [-0.25, -0.2) is 24.9 Å². The molecule has 3 saturated carbocycles. The van der Waals surface area contributed by atoms with Gasteiger partial charge < -0.3 is 19.1 Å². The summed E-state index contributed by atoms with van der Waals surface area (Å²) in [5.74, 6) is 2.15. The third-order valence-electron chi connectivity index (χ3n) is 9.23. The van der Waals surface area contributed by atoms with E-state index in [0.29, 0.717) is 72.0 Å². The van der Waals surface area contributed by atoms with Crippen LogP contribution in [0.5, 0.6) is 5.88 Å². The molecule has 0 radical (unpaired) electrons. The lowest BCUT2D eigenvalue weighted by Crippen LogP contribution is -2.55. The quantitative estimate of drug-likeness (QED) is 0.240. The van der Waals surface area contributed by atoms with Crippen LogP contribution in [0.2, 0.25) is 0 Å². The Balaban J connectivity index is 1.18. The van der Waals surface area contributed by atoms with Crippen LogP contribution in [0.1, 0.15) is 74.4 Å². The van der Waals surface area contributed by atoms with E-state index < -0.39 is 17.4 Å². The number of aromatic nitrogens is 6. The Morgan fingerprint density at radius 2 is 1.78 bits per heavy atom. The number of fused-ring (bicyclic) bond motifs is 1. The average molecular weight is 617 g/mol. The van der Waals surface area contributed by atoms with Crippen LogP contribution in [0.15, 0.2) is 43.0 Å². The van der Waals surface area contributed by atoms with E-state index in [1.807, 2.05) is 19.1 Å². The Morgan fingerprint density at radius 1 is 1.02 bits per heavy atom. The van der Waals surface area contributed by atoms with E-state index in [0.717, 1.165) is 43.1 Å². The number of rotatable bonds is 8. The van der Waals surface area contributed by atoms with Gasteiger partial charge >= 0.3 is 6.18 Å². The molecule has 0 atom stereocenters. The van der Waals surface area contributed by atoms with Crippen LogP contribution < -0.4 is 14.5 Å². The fraction of sp³-hybridized carbons (Fsp3) is 0.438. The van der Waals surface area contributed by atoms with Crippen molar-refractivity contribution in [1.82, 2.24) is 29.5 Å². The molecule has 1 aromatic carbocycles. The first-order valence-electron chi connectivity index (χ1n) is 15.3. The van der Waals surface area contributed by atoms with Crippen LogP contribution >= 0.6 is 0 Å². The molecule has 3 fully saturated rings. The summed E-state index contributed by atoms with van der Waals surface area (Å²) in [6.07, 6.45) is 4.93. The number of ether oxygens (including phenoxy) is 1. The Labute approximate surface area is 257 Å². The lowest BCUT2D eigenvalue weighted by molar-refractivity contribution is -0.140. The Hall–Kier alpha value is -4.55. The van der Waals surface area contributed by atoms with Crippen LogP contribution in [0, 0.1) is 0 Å². The fourth-order valence-electron chi connectivity index (χ4n) is 6.43. The molecule has 1 spiro atoms. The lowest BCUT2D eigenvalue weighted by Gasteiger charge is -2.42. The Kier molecular flexibility index (Phi) is 6.20. The number of benzene rings is 1. The van der Waals surface area contributed by atoms with E-state index >= 15 is 0 Å². The third kappa shape index (κ3) is 4.62. The highest BCUT2D eigenvalue weighted by molar-refractivity contribution is 6.09. The third-order valence-corrected chi connectivity index (χ3v) is 9.23. The number of halogens is 3. The van der Waals surface area contributed by atoms with Crippen molar-refractivity contribution >= 4 is 17.4 Å². The van der Waals surface area contributed by atoms with Crippen molar-refractivity contribution in [3.8, 4) is 28.7 Å². The zero-order valence-corrected chi connectivity index (χ0v) is 24.9. The second kappa shape index (κ2) is 9.98. The van der Waals surface area contributed by atoms with Crippen LogP contribution in [0.25, 0.3) is 22.8 Å². The first-order chi connectivity index (χ1) is 21.7. The zero-order valence-electron chi connectivity index (χ0n) is 24.9. The predicted octanol–water partition coefficient (Wildman–Crippen LogP) is 5.94. The van der Waals surface area contributed by atoms with Crippen LogP contribution in [0.4, 0.5) is 24.7 Å². The molecule has 0 saturated heterocycles. The SMILES string of the molecule is CCN1C(=O)C2(CC2)N(Cc2ccc(-c3nc(C(F)(F)F)cn3C3CC3)cc2)c2nc(-c3c(OC)ncnc3C3CC3)ncc21. The van der Waals surface area contributed by atoms with Crippen molar-refractivity contribution in [1.29, 1.82) is 0 Å². The molecule has 4 heterocycles. The smallest absolute Gasteiger partial charge is 0.434 e. The molecule has 1 amide bonds. The number of hydrogen-bond donors (Lipinski definition) is 0. The van der Waals surface area contributed by atoms with E-state index in [9.17, 15) is 18.0 Å². The average Bonchev–Trinajstić information content (AvgIpc) is 3.92. The van der Waals surface area contributed by atoms with E-state index in [-0.39, 0.29) is 11.9 Å². The standard InChI is InChI=1S/C32H31F3N8O2/c1-3-41-22-14-36-26(24-25(19-8-9-19)37-17-38-29(24)45-2)40-28(22)43(31(12-13-31)30(41)44)15-18-4-6-20(7-5-18)27-39-23(32(33,34)35)16-42(27)21-10-11-21/h4-7,14,16-17,19,21H,3,8-13,15H2,1-2H3. The highest BCUT2D eigenvalue weighted by atomic mass is 19.4. The van der Waals surface area contributed by atoms with Crippen molar-refractivity contribution in [2.45, 2.75) is 75.7 Å². The summed E-state index contributed by atoms with van der Waals surface area (Å²) in [5.41, 5.74) is 2.08. The van der Waals surface area contributed by atoms with Crippen molar-refractivity contribution in [2.24, 2.45) is 0 Å². The van der Waals surface area contributed by atoms with Gasteiger partial charge in [-0.1, -0.05) is 24.3 Å². The summed E-state index contributed by atoms with van der Waals surface area (Å²) in [6.45, 7) is 2.81. The van der Waals surface area contributed by atoms with Crippen LogP contribution in [-0.2, 0) is 17.5 Å². The van der Waals surface area contributed by atoms with E-state index in [1.54, 1.807) is 34.9 Å². The number of methoxy groups -OCH3 is 1. The van der Waals surface area contributed by atoms with Crippen molar-refractivity contribution < 1.29 is 22.7 Å². The summed E-state index contributed by atoms with van der Waals surface area (Å²) < 4.78 is 47.7. The normalized spacial score (nSPS) is 18.8. The topological polar surface area (TPSA) is 102 Å². The summed E-state index contributed by atoms with van der Waals surface area (Å²) >= 11 is 0. The zero-order chi connectivity index (χ0) is 31.1. The molecule has 4 aliphatic rings. The summed E-state index contributed by atoms with van der Waals surface area (Å²) in [6, 6.07) is 7.44. The molecule has 232 valence electrons. The molecule has 0 unspecified atom stereocenters. The fourth-order valence-corrected chi connectivity index (χ4v) is 6.43. The molecule has 13 heteroatoms. The largest absolute Gasteiger partial charge is 0.480 e. The van der Waals surface area contributed by atoms with E-state index in [2.05, 4.69) is 19.9 Å². The highest BCUT2D eigenvalue weighted by Gasteiger charge is 2.60. The van der Waals surface area contributed by atoms with Gasteiger partial charge in [0.05, 0.1) is 19.0 Å². The number of imidazole rings is 1. The molecular weight excluding hydrogens is 585 g/mol. The Morgan fingerprint density at radius 3 is 2.40 bits per heavy atom. The van der Waals surface area contributed by atoms with E-state index in [1.165, 1.54) is 6.33 Å². The summed E-state index contributed by atoms with van der Waals surface area (Å²) in [5, 5.41) is 0. The maximum atomic E-state index is 13.8. The number of carbonyl (C=O) groups excluding carboxylic acids is 1. The van der Waals surface area contributed by atoms with Gasteiger partial charge in [0.15, 0.2) is 17.3 Å². The van der Waals surface area contributed by atoms with Crippen molar-refractivity contribution in [2.75, 3.05) is 23.5 Å². The van der Waals surface area contributed by atoms with Crippen molar-refractivity contribution in [3.63, 3.8) is 0 Å². The molecule has 3 aliphatic carbocycles. The Bertz CT molecular complexity index is 1810. The number of carbonyl (C=O) groups is 1. The molecule has 45 heavy (non-hydrogen) atoms. The first-order valence-corrected chi connectivity index (χ1v) is 15.3. The minimum Gasteiger partial charge on any atom is -0.480 e. The molecule has 0 bridgehead atoms. The molecule has 1 aliphatic heterocycles. The van der Waals surface area contributed by atoms with Gasteiger partial charge in [-0.05, 0) is 51.0 Å². The number of hydrogen-bond acceptors (Lipinski definition) is 8. The number of alkyl halides is 3. The number of nitrogens with zero attached hydrogens (tertiary/aromatic N) is 8. The van der Waals surface area contributed by atoms with Gasteiger partial charge in [0.2, 0.25) is 5.88 Å². The van der Waals surface area contributed by atoms with Gasteiger partial charge in [0.25, 0.3) is 5.91 Å². The maximum Gasteiger partial charge on any atom is 0.434 e. The van der Waals surface area contributed by atoms with Gasteiger partial charge in [0.1, 0.15) is 28.9 Å². The first kappa shape index (κ1) is 28.0. The molecule has 3 aromatic heterocycles. The monoisotopic (exact) mass is 616 g/mol. The summed E-state index contributed by atoms with van der Waals surface area (Å²) in [4.78, 5) is 40.3. The molecule has 0 N–H and O–H groups in total. The van der Waals surface area contributed by atoms with Crippen LogP contribution in [-0.4, -0.2) is 54.6 Å². The minimum atomic E-state index is -4.51. The molecular formula is C32H31F3N8O2. The predicted molar refractivity (Wildman–Crippen MR) is 159 cm³/mol. The van der Waals surface area contributed by atoms with Gasteiger partial charge in [-0.15, -0.1) is 0 Å². The number of anilines is 2. The molecule has 8 rings (SSSR count). The number of likely N-dealkylation sites (N-methyl/N-ethyl adjacent to an activating group) is 1. The maximum absolute atomic E-state index is 13.8. The van der Waals surface area contributed by atoms with Gasteiger partial charge in [-0.3, -0.25) is 4.79 Å². The highest BCUT2D eigenvalue weighted by Crippen LogP contribution is 2.53.